The molecular weight excluding hydrogens is 405 g/mol. The molecule has 0 radical (unpaired) electrons. The Morgan fingerprint density at radius 1 is 1.06 bits per heavy atom. The highest BCUT2D eigenvalue weighted by Gasteiger charge is 2.32. The number of rotatable bonds is 5. The summed E-state index contributed by atoms with van der Waals surface area (Å²) in [6.45, 7) is 2.76. The summed E-state index contributed by atoms with van der Waals surface area (Å²) in [6.07, 6.45) is -4.67. The molecular formula is C24H23F3N2O2. The van der Waals surface area contributed by atoms with E-state index in [0.29, 0.717) is 12.2 Å². The molecule has 1 unspecified atom stereocenters. The van der Waals surface area contributed by atoms with Gasteiger partial charge in [-0.15, -0.1) is 0 Å². The number of nitrogens with zero attached hydrogens (tertiary/aromatic N) is 1. The van der Waals surface area contributed by atoms with E-state index >= 15 is 0 Å². The minimum absolute atomic E-state index is 0.0619. The lowest BCUT2D eigenvalue weighted by atomic mass is 9.99. The molecule has 0 saturated carbocycles. The van der Waals surface area contributed by atoms with E-state index in [9.17, 15) is 18.0 Å². The minimum atomic E-state index is -4.41. The van der Waals surface area contributed by atoms with Crippen LogP contribution in [0.1, 0.15) is 24.1 Å². The van der Waals surface area contributed by atoms with E-state index in [1.165, 1.54) is 33.4 Å². The summed E-state index contributed by atoms with van der Waals surface area (Å²) < 4.78 is 44.1. The summed E-state index contributed by atoms with van der Waals surface area (Å²) >= 11 is 0. The monoisotopic (exact) mass is 428 g/mol. The zero-order valence-corrected chi connectivity index (χ0v) is 17.0. The van der Waals surface area contributed by atoms with Gasteiger partial charge in [0.25, 0.3) is 5.91 Å². The molecule has 162 valence electrons. The summed E-state index contributed by atoms with van der Waals surface area (Å²) in [7, 11) is 0. The third-order valence-electron chi connectivity index (χ3n) is 5.58. The molecule has 2 atom stereocenters. The second-order valence-corrected chi connectivity index (χ2v) is 7.68. The smallest absolute Gasteiger partial charge is 0.365 e. The number of carbonyl (C=O) groups excluding carboxylic acids is 1. The molecule has 3 aromatic rings. The van der Waals surface area contributed by atoms with Gasteiger partial charge in [-0.25, -0.2) is 0 Å². The number of nitrogens with one attached hydrogen (secondary N) is 1. The fourth-order valence-corrected chi connectivity index (χ4v) is 3.87. The Kier molecular flexibility index (Phi) is 5.98. The first-order valence-electron chi connectivity index (χ1n) is 10.1. The summed E-state index contributed by atoms with van der Waals surface area (Å²) in [4.78, 5) is 13.8. The van der Waals surface area contributed by atoms with Crippen molar-refractivity contribution in [1.29, 1.82) is 0 Å². The van der Waals surface area contributed by atoms with Gasteiger partial charge in [-0.2, -0.15) is 13.2 Å². The van der Waals surface area contributed by atoms with E-state index in [-0.39, 0.29) is 31.2 Å². The summed E-state index contributed by atoms with van der Waals surface area (Å²) in [5, 5.41) is 5.81. The average Bonchev–Trinajstić information content (AvgIpc) is 2.77. The SMILES string of the molecule is C[C@H](NCC1CN(c2ccc(C(F)(F)F)cc2)C(=O)CO1)c1cccc2ccccc12. The molecule has 1 aliphatic rings. The van der Waals surface area contributed by atoms with Crippen LogP contribution in [0.4, 0.5) is 18.9 Å². The van der Waals surface area contributed by atoms with Crippen molar-refractivity contribution in [2.75, 3.05) is 24.6 Å². The molecule has 1 aliphatic heterocycles. The van der Waals surface area contributed by atoms with Crippen molar-refractivity contribution in [2.24, 2.45) is 0 Å². The highest BCUT2D eigenvalue weighted by molar-refractivity contribution is 5.95. The summed E-state index contributed by atoms with van der Waals surface area (Å²) in [5.74, 6) is -0.266. The van der Waals surface area contributed by atoms with Gasteiger partial charge in [0.05, 0.1) is 18.2 Å². The van der Waals surface area contributed by atoms with Crippen LogP contribution in [0.15, 0.2) is 66.7 Å². The Bertz CT molecular complexity index is 1060. The first kappa shape index (κ1) is 21.3. The Hall–Kier alpha value is -2.90. The Balaban J connectivity index is 1.42. The number of ether oxygens (including phenoxy) is 1. The van der Waals surface area contributed by atoms with E-state index in [2.05, 4.69) is 36.5 Å². The molecule has 4 rings (SSSR count). The van der Waals surface area contributed by atoms with Gasteiger partial charge in [-0.1, -0.05) is 42.5 Å². The molecule has 0 aliphatic carbocycles. The van der Waals surface area contributed by atoms with E-state index in [0.717, 1.165) is 12.1 Å². The van der Waals surface area contributed by atoms with Crippen molar-refractivity contribution in [3.05, 3.63) is 77.9 Å². The number of amides is 1. The predicted molar refractivity (Wildman–Crippen MR) is 114 cm³/mol. The van der Waals surface area contributed by atoms with Crippen LogP contribution in [0.25, 0.3) is 10.8 Å². The Morgan fingerprint density at radius 2 is 1.77 bits per heavy atom. The quantitative estimate of drug-likeness (QED) is 0.626. The van der Waals surface area contributed by atoms with Crippen molar-refractivity contribution in [2.45, 2.75) is 25.2 Å². The molecule has 0 bridgehead atoms. The third kappa shape index (κ3) is 4.73. The Morgan fingerprint density at radius 3 is 2.52 bits per heavy atom. The summed E-state index contributed by atoms with van der Waals surface area (Å²) in [5.41, 5.74) is 0.872. The molecule has 1 heterocycles. The molecule has 3 aromatic carbocycles. The number of benzene rings is 3. The first-order chi connectivity index (χ1) is 14.8. The van der Waals surface area contributed by atoms with Gasteiger partial charge in [-0.3, -0.25) is 4.79 Å². The molecule has 0 spiro atoms. The summed E-state index contributed by atoms with van der Waals surface area (Å²) in [6, 6.07) is 19.1. The molecule has 7 heteroatoms. The molecule has 31 heavy (non-hydrogen) atoms. The fourth-order valence-electron chi connectivity index (χ4n) is 3.87. The van der Waals surface area contributed by atoms with Crippen molar-refractivity contribution in [3.8, 4) is 0 Å². The van der Waals surface area contributed by atoms with Crippen LogP contribution in [-0.2, 0) is 15.7 Å². The van der Waals surface area contributed by atoms with Crippen LogP contribution in [0, 0.1) is 0 Å². The van der Waals surface area contributed by atoms with Crippen molar-refractivity contribution < 1.29 is 22.7 Å². The Labute approximate surface area is 178 Å². The zero-order valence-electron chi connectivity index (χ0n) is 17.0. The van der Waals surface area contributed by atoms with Gasteiger partial charge in [0, 0.05) is 18.3 Å². The van der Waals surface area contributed by atoms with Crippen LogP contribution < -0.4 is 10.2 Å². The van der Waals surface area contributed by atoms with Gasteiger partial charge < -0.3 is 15.0 Å². The molecule has 4 nitrogen and oxygen atoms in total. The van der Waals surface area contributed by atoms with Gasteiger partial charge in [-0.05, 0) is 47.5 Å². The highest BCUT2D eigenvalue weighted by Crippen LogP contribution is 2.31. The third-order valence-corrected chi connectivity index (χ3v) is 5.58. The fraction of sp³-hybridized carbons (Fsp3) is 0.292. The largest absolute Gasteiger partial charge is 0.416 e. The normalized spacial score (nSPS) is 18.4. The molecule has 1 N–H and O–H groups in total. The maximum absolute atomic E-state index is 12.8. The van der Waals surface area contributed by atoms with E-state index in [4.69, 9.17) is 4.74 Å². The number of fused-ring (bicyclic) bond motifs is 1. The second kappa shape index (κ2) is 8.69. The van der Waals surface area contributed by atoms with Crippen molar-refractivity contribution >= 4 is 22.4 Å². The second-order valence-electron chi connectivity index (χ2n) is 7.68. The van der Waals surface area contributed by atoms with Crippen molar-refractivity contribution in [3.63, 3.8) is 0 Å². The lowest BCUT2D eigenvalue weighted by Gasteiger charge is -2.33. The number of carbonyl (C=O) groups is 1. The van der Waals surface area contributed by atoms with Crippen LogP contribution in [0.2, 0.25) is 0 Å². The van der Waals surface area contributed by atoms with Gasteiger partial charge in [0.2, 0.25) is 0 Å². The predicted octanol–water partition coefficient (Wildman–Crippen LogP) is 4.94. The van der Waals surface area contributed by atoms with Crippen LogP contribution in [0.5, 0.6) is 0 Å². The molecule has 1 amide bonds. The maximum Gasteiger partial charge on any atom is 0.416 e. The number of halogens is 3. The number of alkyl halides is 3. The van der Waals surface area contributed by atoms with Crippen LogP contribution >= 0.6 is 0 Å². The minimum Gasteiger partial charge on any atom is -0.365 e. The lowest BCUT2D eigenvalue weighted by Crippen LogP contribution is -2.50. The topological polar surface area (TPSA) is 41.6 Å². The van der Waals surface area contributed by atoms with Crippen LogP contribution in [-0.4, -0.2) is 31.7 Å². The van der Waals surface area contributed by atoms with Gasteiger partial charge in [0.1, 0.15) is 6.61 Å². The number of morpholine rings is 1. The molecule has 1 fully saturated rings. The number of hydrogen-bond donors (Lipinski definition) is 1. The van der Waals surface area contributed by atoms with E-state index < -0.39 is 11.7 Å². The standard InChI is InChI=1S/C24H23F3N2O2/c1-16(21-8-4-6-17-5-2-3-7-22(17)21)28-13-20-14-29(23(30)15-31-20)19-11-9-18(10-12-19)24(25,26)27/h2-12,16,20,28H,13-15H2,1H3/t16-,20?/m0/s1. The van der Waals surface area contributed by atoms with Crippen LogP contribution in [0.3, 0.4) is 0 Å². The molecule has 1 saturated heterocycles. The molecule has 0 aromatic heterocycles. The van der Waals surface area contributed by atoms with Gasteiger partial charge >= 0.3 is 6.18 Å². The van der Waals surface area contributed by atoms with E-state index in [1.54, 1.807) is 0 Å². The lowest BCUT2D eigenvalue weighted by molar-refractivity contribution is -0.137. The average molecular weight is 428 g/mol. The maximum atomic E-state index is 12.8. The zero-order chi connectivity index (χ0) is 22.0. The van der Waals surface area contributed by atoms with Gasteiger partial charge in [0.15, 0.2) is 0 Å². The highest BCUT2D eigenvalue weighted by atomic mass is 19.4. The number of anilines is 1. The van der Waals surface area contributed by atoms with E-state index in [1.807, 2.05) is 18.2 Å². The number of hydrogen-bond acceptors (Lipinski definition) is 3. The van der Waals surface area contributed by atoms with Crippen molar-refractivity contribution in [1.82, 2.24) is 5.32 Å². The first-order valence-corrected chi connectivity index (χ1v) is 10.1.